The van der Waals surface area contributed by atoms with Crippen molar-refractivity contribution < 1.29 is 32.8 Å². The first-order valence-electron chi connectivity index (χ1n) is 34.1. The van der Waals surface area contributed by atoms with Gasteiger partial charge in [-0.2, -0.15) is 0 Å². The Kier molecular flexibility index (Phi) is 30.0. The van der Waals surface area contributed by atoms with Crippen molar-refractivity contribution in [3.63, 3.8) is 0 Å². The van der Waals surface area contributed by atoms with Gasteiger partial charge in [-0.05, 0) is 180 Å². The minimum Gasteiger partial charge on any atom is -0.493 e. The van der Waals surface area contributed by atoms with Crippen LogP contribution in [0.3, 0.4) is 0 Å². The summed E-state index contributed by atoms with van der Waals surface area (Å²) in [7, 11) is 0. The van der Waals surface area contributed by atoms with Crippen molar-refractivity contribution in [3.05, 3.63) is 178 Å². The fraction of sp³-hybridized carbons (Fsp3) is 0.385. The topological polar surface area (TPSA) is 202 Å². The molecule has 0 saturated heterocycles. The van der Waals surface area contributed by atoms with Crippen molar-refractivity contribution in [3.8, 4) is 34.5 Å². The highest BCUT2D eigenvalue weighted by molar-refractivity contribution is 6.32. The molecule has 0 bridgehead atoms. The van der Waals surface area contributed by atoms with E-state index in [-0.39, 0.29) is 5.82 Å². The van der Waals surface area contributed by atoms with Gasteiger partial charge in [-0.25, -0.2) is 4.39 Å². The zero-order valence-electron chi connectivity index (χ0n) is 57.2. The summed E-state index contributed by atoms with van der Waals surface area (Å²) in [6.45, 7) is 26.1. The predicted molar refractivity (Wildman–Crippen MR) is 393 cm³/mol. The molecule has 0 aliphatic heterocycles. The first-order valence-corrected chi connectivity index (χ1v) is 34.5. The second kappa shape index (κ2) is 38.6. The van der Waals surface area contributed by atoms with Crippen LogP contribution in [0.15, 0.2) is 134 Å². The van der Waals surface area contributed by atoms with E-state index in [9.17, 15) is 4.39 Å². The van der Waals surface area contributed by atoms with Gasteiger partial charge < -0.3 is 69.8 Å². The highest BCUT2D eigenvalue weighted by Crippen LogP contribution is 2.35. The zero-order chi connectivity index (χ0) is 67.2. The second-order valence-corrected chi connectivity index (χ2v) is 23.2. The van der Waals surface area contributed by atoms with Crippen LogP contribution in [0.4, 0.5) is 4.39 Å². The summed E-state index contributed by atoms with van der Waals surface area (Å²) in [6, 6.07) is 31.9. The first-order chi connectivity index (χ1) is 46.0. The molecule has 0 aliphatic rings. The minimum atomic E-state index is -0.338. The van der Waals surface area contributed by atoms with Gasteiger partial charge in [0.2, 0.25) is 0 Å². The molecule has 0 atom stereocenters. The number of rotatable bonds is 26. The van der Waals surface area contributed by atoms with Crippen LogP contribution in [0.1, 0.15) is 141 Å². The molecule has 504 valence electrons. The van der Waals surface area contributed by atoms with Gasteiger partial charge >= 0.3 is 0 Å². The molecule has 12 aromatic rings. The maximum absolute atomic E-state index is 13.5. The van der Waals surface area contributed by atoms with Gasteiger partial charge in [-0.15, -0.1) is 0 Å². The number of ether oxygens (including phenoxy) is 6. The summed E-state index contributed by atoms with van der Waals surface area (Å²) >= 11 is 6.10. The van der Waals surface area contributed by atoms with Crippen LogP contribution in [0.2, 0.25) is 5.02 Å². The number of aryl methyl sites for hydroxylation is 4. The molecule has 6 aromatic carbocycles. The quantitative estimate of drug-likeness (QED) is 0.0262. The third-order valence-electron chi connectivity index (χ3n) is 15.7. The first kappa shape index (κ1) is 72.9. The molecule has 0 aliphatic carbocycles. The molecule has 6 heterocycles. The fourth-order valence-corrected chi connectivity index (χ4v) is 11.7. The monoisotopic (exact) mass is 1300 g/mol. The van der Waals surface area contributed by atoms with E-state index in [1.807, 2.05) is 76.5 Å². The lowest BCUT2D eigenvalue weighted by Gasteiger charge is -2.07. The Morgan fingerprint density at radius 3 is 1.12 bits per heavy atom. The Bertz CT molecular complexity index is 3910. The van der Waals surface area contributed by atoms with Crippen molar-refractivity contribution in [2.45, 2.75) is 146 Å². The number of hydrogen-bond acceptors (Lipinski definition) is 8. The normalized spacial score (nSPS) is 10.9. The second-order valence-electron chi connectivity index (χ2n) is 22.8. The van der Waals surface area contributed by atoms with Crippen LogP contribution in [0, 0.1) is 5.82 Å². The summed E-state index contributed by atoms with van der Waals surface area (Å²) in [5, 5.41) is 7.87. The third-order valence-corrected chi connectivity index (χ3v) is 16.0. The standard InChI is InChI=1S/2C14H19NO.2C13H17NO.C12H15ClN2O.C12H15FN2O/c2*1-3-6-11-10-15-12-7-5-8-13(14(11)12)16-9-4-2;2*1-3-6-10-9-14-13-11(10)7-5-8-12(13)15-4-2;2*1-2-16-12-5-9-8(3-4-14)7-15-11(9)6-10(12)13/h2*5,7-8,10,15H,3-4,6,9H2,1-2H3;2*5,7-9,14H,3-4,6H2,1-2H3;2*5-7,15H,2-4,14H2,1H3. The number of aromatic nitrogens is 6. The molecule has 0 radical (unpaired) electrons. The van der Waals surface area contributed by atoms with Gasteiger partial charge in [-0.3, -0.25) is 0 Å². The van der Waals surface area contributed by atoms with Crippen molar-refractivity contribution in [1.29, 1.82) is 0 Å². The van der Waals surface area contributed by atoms with E-state index in [1.54, 1.807) is 6.07 Å². The van der Waals surface area contributed by atoms with Gasteiger partial charge in [0.15, 0.2) is 11.6 Å². The summed E-state index contributed by atoms with van der Waals surface area (Å²) in [4.78, 5) is 19.4. The van der Waals surface area contributed by atoms with Gasteiger partial charge in [-0.1, -0.05) is 115 Å². The number of fused-ring (bicyclic) bond motifs is 6. The van der Waals surface area contributed by atoms with E-state index in [0.717, 1.165) is 145 Å². The van der Waals surface area contributed by atoms with Crippen LogP contribution in [-0.2, 0) is 38.5 Å². The summed E-state index contributed by atoms with van der Waals surface area (Å²) in [6.07, 6.45) is 25.1. The number of nitrogens with one attached hydrogen (secondary N) is 6. The Balaban J connectivity index is 0.000000160. The van der Waals surface area contributed by atoms with Crippen LogP contribution in [0.5, 0.6) is 34.5 Å². The largest absolute Gasteiger partial charge is 0.493 e. The SMILES string of the molecule is CCCOc1cccc2[nH]cc(CCC)c12.CCCOc1cccc2[nH]cc(CCC)c12.CCCc1c[nH]c2c(OCC)cccc12.CCCc1c[nH]c2c(OCC)cccc12.CCOc1cc2c(CCN)c[nH]c2cc1Cl.CCOc1cc2c(CCN)c[nH]c2cc1F. The molecule has 0 unspecified atom stereocenters. The molecule has 0 fully saturated rings. The average molecular weight is 1300 g/mol. The van der Waals surface area contributed by atoms with Crippen LogP contribution < -0.4 is 39.9 Å². The van der Waals surface area contributed by atoms with Crippen molar-refractivity contribution in [1.82, 2.24) is 29.9 Å². The molecular formula is C78H102ClFN8O6. The molecule has 0 spiro atoms. The van der Waals surface area contributed by atoms with Crippen LogP contribution in [0.25, 0.3) is 65.4 Å². The number of hydrogen-bond donors (Lipinski definition) is 8. The highest BCUT2D eigenvalue weighted by atomic mass is 35.5. The Labute approximate surface area is 560 Å². The summed E-state index contributed by atoms with van der Waals surface area (Å²) in [5.74, 6) is 4.64. The van der Waals surface area contributed by atoms with Gasteiger partial charge in [0.25, 0.3) is 0 Å². The minimum absolute atomic E-state index is 0.299. The lowest BCUT2D eigenvalue weighted by Crippen LogP contribution is -2.02. The molecule has 0 amide bonds. The lowest BCUT2D eigenvalue weighted by molar-refractivity contribution is 0.321. The van der Waals surface area contributed by atoms with E-state index in [2.05, 4.69) is 145 Å². The van der Waals surface area contributed by atoms with Crippen molar-refractivity contribution >= 4 is 77.0 Å². The Hall–Kier alpha value is -8.50. The Morgan fingerprint density at radius 1 is 0.340 bits per heavy atom. The van der Waals surface area contributed by atoms with E-state index in [4.69, 9.17) is 51.5 Å². The molecule has 10 N–H and O–H groups in total. The van der Waals surface area contributed by atoms with E-state index < -0.39 is 0 Å². The van der Waals surface area contributed by atoms with Gasteiger partial charge in [0.1, 0.15) is 28.7 Å². The molecule has 94 heavy (non-hydrogen) atoms. The van der Waals surface area contributed by atoms with Gasteiger partial charge in [0.05, 0.1) is 55.7 Å². The molecule has 6 aromatic heterocycles. The number of nitrogens with two attached hydrogens (primary N) is 2. The molecule has 16 heteroatoms. The van der Waals surface area contributed by atoms with Crippen LogP contribution >= 0.6 is 11.6 Å². The maximum Gasteiger partial charge on any atom is 0.167 e. The average Bonchev–Trinajstić information content (AvgIpc) is 1.72. The number of aromatic amines is 6. The number of halogens is 2. The number of para-hydroxylation sites is 2. The fourth-order valence-electron chi connectivity index (χ4n) is 11.5. The third kappa shape index (κ3) is 19.3. The highest BCUT2D eigenvalue weighted by Gasteiger charge is 2.14. The van der Waals surface area contributed by atoms with E-state index in [0.29, 0.717) is 50.3 Å². The predicted octanol–water partition coefficient (Wildman–Crippen LogP) is 19.8. The maximum atomic E-state index is 13.5. The van der Waals surface area contributed by atoms with E-state index in [1.165, 1.54) is 79.3 Å². The number of benzene rings is 6. The van der Waals surface area contributed by atoms with Crippen molar-refractivity contribution in [2.24, 2.45) is 11.5 Å². The summed E-state index contributed by atoms with van der Waals surface area (Å²) in [5.41, 5.74) is 25.3. The van der Waals surface area contributed by atoms with Crippen molar-refractivity contribution in [2.75, 3.05) is 52.7 Å². The van der Waals surface area contributed by atoms with E-state index >= 15 is 0 Å². The lowest BCUT2D eigenvalue weighted by atomic mass is 10.1. The smallest absolute Gasteiger partial charge is 0.167 e. The zero-order valence-corrected chi connectivity index (χ0v) is 58.0. The van der Waals surface area contributed by atoms with Crippen LogP contribution in [-0.4, -0.2) is 82.6 Å². The molecule has 14 nitrogen and oxygen atoms in total. The molecular weight excluding hydrogens is 1200 g/mol. The molecule has 12 rings (SSSR count). The Morgan fingerprint density at radius 2 is 0.691 bits per heavy atom. The number of H-pyrrole nitrogens is 6. The summed E-state index contributed by atoms with van der Waals surface area (Å²) < 4.78 is 47.0. The molecule has 0 saturated carbocycles. The van der Waals surface area contributed by atoms with Gasteiger partial charge in [0, 0.05) is 97.6 Å².